The molecule has 94 valence electrons. The number of sulfone groups is 1. The lowest BCUT2D eigenvalue weighted by molar-refractivity contribution is -0.135. The highest BCUT2D eigenvalue weighted by atomic mass is 32.2. The zero-order chi connectivity index (χ0) is 12.0. The topological polar surface area (TPSA) is 80.4 Å². The lowest BCUT2D eigenvalue weighted by Gasteiger charge is -2.56. The number of hydrogen-bond donors (Lipinski definition) is 2. The minimum absolute atomic E-state index is 0.128. The third kappa shape index (κ3) is 2.13. The molecular formula is C11H21NO3S. The van der Waals surface area contributed by atoms with Crippen LogP contribution in [0.1, 0.15) is 32.6 Å². The number of hydrogen-bond acceptors (Lipinski definition) is 4. The molecule has 0 aromatic rings. The van der Waals surface area contributed by atoms with Gasteiger partial charge in [-0.2, -0.15) is 0 Å². The largest absolute Gasteiger partial charge is 0.390 e. The van der Waals surface area contributed by atoms with E-state index in [1.54, 1.807) is 6.92 Å². The lowest BCUT2D eigenvalue weighted by Crippen LogP contribution is -2.59. The van der Waals surface area contributed by atoms with Crippen molar-refractivity contribution in [3.8, 4) is 0 Å². The summed E-state index contributed by atoms with van der Waals surface area (Å²) in [7, 11) is -2.88. The SMILES string of the molecule is CC1(O)CC(CN)(C2CCCS(=O)(=O)C2)C1. The molecule has 2 rings (SSSR count). The van der Waals surface area contributed by atoms with Gasteiger partial charge in [0, 0.05) is 0 Å². The van der Waals surface area contributed by atoms with Crippen LogP contribution < -0.4 is 5.73 Å². The molecule has 16 heavy (non-hydrogen) atoms. The van der Waals surface area contributed by atoms with Crippen molar-refractivity contribution in [1.82, 2.24) is 0 Å². The van der Waals surface area contributed by atoms with Gasteiger partial charge in [-0.25, -0.2) is 8.42 Å². The van der Waals surface area contributed by atoms with Crippen molar-refractivity contribution in [2.75, 3.05) is 18.1 Å². The zero-order valence-corrected chi connectivity index (χ0v) is 10.6. The van der Waals surface area contributed by atoms with E-state index in [1.807, 2.05) is 0 Å². The van der Waals surface area contributed by atoms with Crippen LogP contribution in [0.15, 0.2) is 0 Å². The van der Waals surface area contributed by atoms with Crippen LogP contribution in [0.4, 0.5) is 0 Å². The molecule has 3 N–H and O–H groups in total. The van der Waals surface area contributed by atoms with Crippen molar-refractivity contribution in [3.05, 3.63) is 0 Å². The molecule has 1 aliphatic carbocycles. The fraction of sp³-hybridized carbons (Fsp3) is 1.00. The van der Waals surface area contributed by atoms with Crippen molar-refractivity contribution in [3.63, 3.8) is 0 Å². The third-order valence-electron chi connectivity index (χ3n) is 4.20. The van der Waals surface area contributed by atoms with Gasteiger partial charge < -0.3 is 10.8 Å². The van der Waals surface area contributed by atoms with Gasteiger partial charge in [0.1, 0.15) is 0 Å². The molecule has 0 aromatic heterocycles. The standard InChI is InChI=1S/C11H21NO3S/c1-10(13)6-11(7-10,8-12)9-3-2-4-16(14,15)5-9/h9,13H,2-8,12H2,1H3. The second-order valence-electron chi connectivity index (χ2n) is 5.87. The zero-order valence-electron chi connectivity index (χ0n) is 9.78. The molecule has 1 heterocycles. The van der Waals surface area contributed by atoms with Gasteiger partial charge in [-0.3, -0.25) is 0 Å². The quantitative estimate of drug-likeness (QED) is 0.735. The average molecular weight is 247 g/mol. The Kier molecular flexibility index (Phi) is 2.84. The van der Waals surface area contributed by atoms with Crippen LogP contribution in [-0.2, 0) is 9.84 Å². The van der Waals surface area contributed by atoms with E-state index in [2.05, 4.69) is 0 Å². The van der Waals surface area contributed by atoms with Crippen molar-refractivity contribution < 1.29 is 13.5 Å². The molecule has 2 fully saturated rings. The van der Waals surface area contributed by atoms with Gasteiger partial charge in [-0.1, -0.05) is 0 Å². The molecule has 1 saturated carbocycles. The average Bonchev–Trinajstić information content (AvgIpc) is 2.11. The number of nitrogens with two attached hydrogens (primary N) is 1. The van der Waals surface area contributed by atoms with E-state index in [-0.39, 0.29) is 17.1 Å². The summed E-state index contributed by atoms with van der Waals surface area (Å²) in [5, 5.41) is 9.84. The van der Waals surface area contributed by atoms with Crippen LogP contribution in [0.5, 0.6) is 0 Å². The smallest absolute Gasteiger partial charge is 0.150 e. The van der Waals surface area contributed by atoms with Gasteiger partial charge in [-0.05, 0) is 50.5 Å². The van der Waals surface area contributed by atoms with Crippen molar-refractivity contribution in [1.29, 1.82) is 0 Å². The first-order valence-electron chi connectivity index (χ1n) is 5.92. The fourth-order valence-electron chi connectivity index (χ4n) is 3.57. The van der Waals surface area contributed by atoms with Crippen LogP contribution in [0.3, 0.4) is 0 Å². The van der Waals surface area contributed by atoms with Crippen LogP contribution in [-0.4, -0.2) is 37.2 Å². The maximum Gasteiger partial charge on any atom is 0.150 e. The summed E-state index contributed by atoms with van der Waals surface area (Å²) in [6, 6.07) is 0. The van der Waals surface area contributed by atoms with E-state index in [0.717, 1.165) is 12.8 Å². The van der Waals surface area contributed by atoms with Gasteiger partial charge >= 0.3 is 0 Å². The van der Waals surface area contributed by atoms with Crippen LogP contribution >= 0.6 is 0 Å². The van der Waals surface area contributed by atoms with Gasteiger partial charge in [0.15, 0.2) is 9.84 Å². The highest BCUT2D eigenvalue weighted by Crippen LogP contribution is 2.54. The van der Waals surface area contributed by atoms with Crippen LogP contribution in [0.25, 0.3) is 0 Å². The van der Waals surface area contributed by atoms with E-state index in [9.17, 15) is 13.5 Å². The molecular weight excluding hydrogens is 226 g/mol. The Morgan fingerprint density at radius 3 is 2.50 bits per heavy atom. The summed E-state index contributed by atoms with van der Waals surface area (Å²) < 4.78 is 23.2. The molecule has 0 radical (unpaired) electrons. The second kappa shape index (κ2) is 3.68. The molecule has 0 amide bonds. The molecule has 1 atom stereocenters. The summed E-state index contributed by atoms with van der Waals surface area (Å²) in [6.45, 7) is 2.29. The summed E-state index contributed by atoms with van der Waals surface area (Å²) in [4.78, 5) is 0. The summed E-state index contributed by atoms with van der Waals surface area (Å²) in [5.41, 5.74) is 5.04. The normalized spacial score (nSPS) is 47.3. The summed E-state index contributed by atoms with van der Waals surface area (Å²) >= 11 is 0. The molecule has 4 nitrogen and oxygen atoms in total. The summed E-state index contributed by atoms with van der Waals surface area (Å²) in [5.74, 6) is 0.734. The first kappa shape index (κ1) is 12.3. The molecule has 0 aromatic carbocycles. The van der Waals surface area contributed by atoms with Gasteiger partial charge in [-0.15, -0.1) is 0 Å². The van der Waals surface area contributed by atoms with Crippen molar-refractivity contribution in [2.45, 2.75) is 38.2 Å². The number of rotatable bonds is 2. The Hall–Kier alpha value is -0.130. The van der Waals surface area contributed by atoms with Crippen molar-refractivity contribution >= 4 is 9.84 Å². The Bertz CT molecular complexity index is 367. The summed E-state index contributed by atoms with van der Waals surface area (Å²) in [6.07, 6.45) is 2.98. The Morgan fingerprint density at radius 1 is 1.44 bits per heavy atom. The maximum atomic E-state index is 11.6. The molecule has 1 unspecified atom stereocenters. The molecule has 0 bridgehead atoms. The molecule has 0 spiro atoms. The predicted molar refractivity (Wildman–Crippen MR) is 62.7 cm³/mol. The highest BCUT2D eigenvalue weighted by molar-refractivity contribution is 7.91. The highest BCUT2D eigenvalue weighted by Gasteiger charge is 2.55. The Morgan fingerprint density at radius 2 is 2.06 bits per heavy atom. The van der Waals surface area contributed by atoms with Gasteiger partial charge in [0.2, 0.25) is 0 Å². The molecule has 5 heteroatoms. The van der Waals surface area contributed by atoms with Crippen LogP contribution in [0, 0.1) is 11.3 Å². The third-order valence-corrected chi connectivity index (χ3v) is 6.02. The second-order valence-corrected chi connectivity index (χ2v) is 8.10. The predicted octanol–water partition coefficient (Wildman–Crippen LogP) is 0.301. The van der Waals surface area contributed by atoms with E-state index < -0.39 is 15.4 Å². The minimum Gasteiger partial charge on any atom is -0.390 e. The van der Waals surface area contributed by atoms with Gasteiger partial charge in [0.05, 0.1) is 17.1 Å². The monoisotopic (exact) mass is 247 g/mol. The van der Waals surface area contributed by atoms with Gasteiger partial charge in [0.25, 0.3) is 0 Å². The van der Waals surface area contributed by atoms with E-state index in [0.29, 0.717) is 25.1 Å². The first-order valence-corrected chi connectivity index (χ1v) is 7.74. The molecule has 1 saturated heterocycles. The number of aliphatic hydroxyl groups is 1. The van der Waals surface area contributed by atoms with Crippen molar-refractivity contribution in [2.24, 2.45) is 17.1 Å². The van der Waals surface area contributed by atoms with E-state index in [4.69, 9.17) is 5.73 Å². The van der Waals surface area contributed by atoms with E-state index in [1.165, 1.54) is 0 Å². The Balaban J connectivity index is 2.12. The first-order chi connectivity index (χ1) is 7.29. The van der Waals surface area contributed by atoms with E-state index >= 15 is 0 Å². The fourth-order valence-corrected chi connectivity index (χ4v) is 5.48. The Labute approximate surface area is 97.1 Å². The lowest BCUT2D eigenvalue weighted by atomic mass is 9.54. The maximum absolute atomic E-state index is 11.6. The van der Waals surface area contributed by atoms with Crippen LogP contribution in [0.2, 0.25) is 0 Å². The minimum atomic E-state index is -2.88. The molecule has 1 aliphatic heterocycles. The molecule has 2 aliphatic rings.